The average Bonchev–Trinajstić information content (AvgIpc) is 3.67. The van der Waals surface area contributed by atoms with Crippen molar-refractivity contribution in [3.8, 4) is 34.1 Å². The minimum absolute atomic E-state index is 0. The van der Waals surface area contributed by atoms with Crippen LogP contribution in [0.15, 0.2) is 91.4 Å². The van der Waals surface area contributed by atoms with Gasteiger partial charge in [0, 0.05) is 41.0 Å². The summed E-state index contributed by atoms with van der Waals surface area (Å²) in [6.07, 6.45) is 9.79. The van der Waals surface area contributed by atoms with Crippen LogP contribution in [-0.4, -0.2) is 19.3 Å². The number of aryl methyl sites for hydroxylation is 2. The van der Waals surface area contributed by atoms with E-state index in [1.807, 2.05) is 70.0 Å². The van der Waals surface area contributed by atoms with Gasteiger partial charge in [0.2, 0.25) is 0 Å². The van der Waals surface area contributed by atoms with Crippen molar-refractivity contribution in [1.29, 1.82) is 0 Å². The molecule has 0 saturated heterocycles. The Balaban J connectivity index is 0.00000386. The zero-order valence-electron chi connectivity index (χ0n) is 26.9. The molecule has 0 atom stereocenters. The van der Waals surface area contributed by atoms with Crippen molar-refractivity contribution >= 4 is 21.8 Å². The minimum Gasteiger partial charge on any atom is -0.509 e. The molecule has 7 aromatic rings. The summed E-state index contributed by atoms with van der Waals surface area (Å²) in [5, 5.41) is 6.78. The van der Waals surface area contributed by atoms with Crippen molar-refractivity contribution in [2.45, 2.75) is 53.4 Å². The number of halogens is 1. The Morgan fingerprint density at radius 2 is 1.55 bits per heavy atom. The summed E-state index contributed by atoms with van der Waals surface area (Å²) in [7, 11) is 0. The predicted molar refractivity (Wildman–Crippen MR) is 183 cm³/mol. The number of ether oxygens (including phenoxy) is 1. The van der Waals surface area contributed by atoms with Gasteiger partial charge in [-0.2, -0.15) is 17.2 Å². The third-order valence-electron chi connectivity index (χ3n) is 8.57. The van der Waals surface area contributed by atoms with Crippen LogP contribution in [0.5, 0.6) is 11.5 Å². The first-order valence-electron chi connectivity index (χ1n) is 15.9. The smallest absolute Gasteiger partial charge is 0.509 e. The van der Waals surface area contributed by atoms with E-state index in [1.54, 1.807) is 0 Å². The predicted octanol–water partition coefficient (Wildman–Crippen LogP) is 10.1. The van der Waals surface area contributed by atoms with E-state index in [0.717, 1.165) is 58.7 Å². The quantitative estimate of drug-likeness (QED) is 0.137. The van der Waals surface area contributed by atoms with E-state index >= 15 is 0 Å². The Hall–Kier alpha value is -4.54. The molecular formula is C40H35FN4OPt. The molecule has 0 bridgehead atoms. The summed E-state index contributed by atoms with van der Waals surface area (Å²) in [5.41, 5.74) is 10.4. The molecule has 0 spiro atoms. The molecule has 3 aromatic heterocycles. The van der Waals surface area contributed by atoms with Crippen LogP contribution in [0, 0.1) is 31.8 Å². The van der Waals surface area contributed by atoms with Crippen molar-refractivity contribution in [3.05, 3.63) is 132 Å². The number of hydrogen-bond acceptors (Lipinski definition) is 3. The summed E-state index contributed by atoms with van der Waals surface area (Å²) >= 11 is 0. The summed E-state index contributed by atoms with van der Waals surface area (Å²) < 4.78 is 24.4. The first kappa shape index (κ1) is 32.4. The van der Waals surface area contributed by atoms with Crippen LogP contribution in [0.3, 0.4) is 0 Å². The first-order chi connectivity index (χ1) is 22.4. The fourth-order valence-corrected chi connectivity index (χ4v) is 6.59. The van der Waals surface area contributed by atoms with Gasteiger partial charge >= 0.3 is 21.1 Å². The second-order valence-electron chi connectivity index (χ2n) is 11.8. The molecule has 0 fully saturated rings. The molecule has 7 heteroatoms. The number of para-hydroxylation sites is 1. The van der Waals surface area contributed by atoms with Gasteiger partial charge in [-0.25, -0.2) is 9.37 Å². The minimum atomic E-state index is -0.350. The molecule has 5 nitrogen and oxygen atoms in total. The van der Waals surface area contributed by atoms with E-state index in [4.69, 9.17) is 9.84 Å². The van der Waals surface area contributed by atoms with Crippen molar-refractivity contribution in [2.24, 2.45) is 0 Å². The molecule has 7 rings (SSSR count). The van der Waals surface area contributed by atoms with Crippen LogP contribution in [0.1, 0.15) is 48.9 Å². The largest absolute Gasteiger partial charge is 2.00 e. The molecule has 0 saturated carbocycles. The van der Waals surface area contributed by atoms with Gasteiger partial charge in [0.25, 0.3) is 0 Å². The van der Waals surface area contributed by atoms with Gasteiger partial charge in [0.05, 0.1) is 6.20 Å². The van der Waals surface area contributed by atoms with Gasteiger partial charge in [-0.15, -0.1) is 35.7 Å². The zero-order valence-corrected chi connectivity index (χ0v) is 29.2. The second-order valence-corrected chi connectivity index (χ2v) is 11.8. The maximum Gasteiger partial charge on any atom is 2.00 e. The zero-order chi connectivity index (χ0) is 31.8. The molecule has 0 aliphatic rings. The van der Waals surface area contributed by atoms with Gasteiger partial charge in [0.1, 0.15) is 11.6 Å². The molecule has 0 aliphatic heterocycles. The Morgan fingerprint density at radius 1 is 0.809 bits per heavy atom. The van der Waals surface area contributed by atoms with Gasteiger partial charge in [-0.3, -0.25) is 4.68 Å². The van der Waals surface area contributed by atoms with Gasteiger partial charge in [0.15, 0.2) is 0 Å². The first-order valence-corrected chi connectivity index (χ1v) is 15.9. The summed E-state index contributed by atoms with van der Waals surface area (Å²) in [5.74, 6) is 1.19. The molecule has 0 aliphatic carbocycles. The number of rotatable bonds is 9. The maximum atomic E-state index is 14.2. The van der Waals surface area contributed by atoms with Crippen LogP contribution in [0.2, 0.25) is 0 Å². The van der Waals surface area contributed by atoms with E-state index < -0.39 is 0 Å². The monoisotopic (exact) mass is 801 g/mol. The summed E-state index contributed by atoms with van der Waals surface area (Å²) in [4.78, 5) is 4.45. The molecule has 4 aromatic carbocycles. The number of fused-ring (bicyclic) bond motifs is 3. The van der Waals surface area contributed by atoms with Crippen molar-refractivity contribution in [1.82, 2.24) is 19.3 Å². The fraction of sp³-hybridized carbons (Fsp3) is 0.200. The molecule has 3 heterocycles. The summed E-state index contributed by atoms with van der Waals surface area (Å²) in [6, 6.07) is 29.6. The van der Waals surface area contributed by atoms with Crippen molar-refractivity contribution in [3.63, 3.8) is 0 Å². The molecular weight excluding hydrogens is 767 g/mol. The third kappa shape index (κ3) is 6.15. The summed E-state index contributed by atoms with van der Waals surface area (Å²) in [6.45, 7) is 8.91. The molecule has 0 N–H and O–H groups in total. The number of pyridine rings is 1. The van der Waals surface area contributed by atoms with E-state index in [9.17, 15) is 4.39 Å². The van der Waals surface area contributed by atoms with Crippen LogP contribution >= 0.6 is 0 Å². The maximum absolute atomic E-state index is 14.2. The second kappa shape index (κ2) is 13.7. The van der Waals surface area contributed by atoms with Crippen LogP contribution in [0.25, 0.3) is 44.4 Å². The molecule has 0 unspecified atom stereocenters. The van der Waals surface area contributed by atoms with Gasteiger partial charge < -0.3 is 9.30 Å². The van der Waals surface area contributed by atoms with Crippen molar-refractivity contribution in [2.75, 3.05) is 0 Å². The number of nitrogens with zero attached hydrogens (tertiary/aromatic N) is 4. The third-order valence-corrected chi connectivity index (χ3v) is 8.57. The fourth-order valence-electron chi connectivity index (χ4n) is 6.59. The molecule has 0 radical (unpaired) electrons. The standard InChI is InChI=1S/C40H35FN4O.Pt/c1-5-10-33-26(3)20-27(4)34(11-6-2)40(33)28-24-43-44(25-28)30-12-9-13-31(22-30)46-32-16-17-36-35-14-7-8-15-37(35)45(38(36)23-32)39-21-29(41)18-19-42-39;/h7-9,12-21,24-25H,5-6,10-11H2,1-4H3;/q-2;+2. The SMILES string of the molecule is CCCc1c(C)cc(C)c(CCC)c1-c1cnn(-c2[c-]c(Oc3[c-]c4c(cc3)c3ccccc3n4-c3cc(F)ccn3)ccc2)c1.[Pt+2]. The Labute approximate surface area is 289 Å². The van der Waals surface area contributed by atoms with Crippen LogP contribution < -0.4 is 4.74 Å². The van der Waals surface area contributed by atoms with Crippen LogP contribution in [-0.2, 0) is 33.9 Å². The topological polar surface area (TPSA) is 44.9 Å². The number of benzene rings is 4. The van der Waals surface area contributed by atoms with E-state index in [-0.39, 0.29) is 26.9 Å². The average molecular weight is 802 g/mol. The Bertz CT molecular complexity index is 2190. The Kier molecular flexibility index (Phi) is 9.42. The van der Waals surface area contributed by atoms with E-state index in [0.29, 0.717) is 17.3 Å². The molecule has 238 valence electrons. The molecule has 47 heavy (non-hydrogen) atoms. The van der Waals surface area contributed by atoms with Gasteiger partial charge in [-0.05, 0) is 77.7 Å². The van der Waals surface area contributed by atoms with Crippen molar-refractivity contribution < 1.29 is 30.2 Å². The molecule has 0 amide bonds. The Morgan fingerprint density at radius 3 is 2.30 bits per heavy atom. The van der Waals surface area contributed by atoms with E-state index in [2.05, 4.69) is 57.1 Å². The van der Waals surface area contributed by atoms with Crippen LogP contribution in [0.4, 0.5) is 4.39 Å². The normalized spacial score (nSPS) is 11.3. The number of aromatic nitrogens is 4. The van der Waals surface area contributed by atoms with E-state index in [1.165, 1.54) is 46.1 Å². The van der Waals surface area contributed by atoms with Gasteiger partial charge in [-0.1, -0.05) is 56.5 Å². The number of hydrogen-bond donors (Lipinski definition) is 0.